The Morgan fingerprint density at radius 2 is 1.85 bits per heavy atom. The SMILES string of the molecule is COc1ccc(C(NCc2cccn2C)C(C)C)cc1. The summed E-state index contributed by atoms with van der Waals surface area (Å²) in [7, 11) is 3.78. The van der Waals surface area contributed by atoms with Crippen LogP contribution in [-0.4, -0.2) is 11.7 Å². The number of hydrogen-bond acceptors (Lipinski definition) is 2. The van der Waals surface area contributed by atoms with Crippen molar-refractivity contribution in [2.24, 2.45) is 13.0 Å². The fourth-order valence-corrected chi connectivity index (χ4v) is 2.44. The summed E-state index contributed by atoms with van der Waals surface area (Å²) < 4.78 is 7.37. The van der Waals surface area contributed by atoms with Crippen LogP contribution in [-0.2, 0) is 13.6 Å². The third kappa shape index (κ3) is 3.42. The summed E-state index contributed by atoms with van der Waals surface area (Å²) in [5.41, 5.74) is 2.60. The zero-order chi connectivity index (χ0) is 14.5. The number of methoxy groups -OCH3 is 1. The van der Waals surface area contributed by atoms with E-state index in [9.17, 15) is 0 Å². The van der Waals surface area contributed by atoms with Gasteiger partial charge in [-0.05, 0) is 35.7 Å². The van der Waals surface area contributed by atoms with Crippen molar-refractivity contribution in [3.8, 4) is 5.75 Å². The maximum atomic E-state index is 5.22. The molecule has 0 aliphatic heterocycles. The van der Waals surface area contributed by atoms with E-state index < -0.39 is 0 Å². The number of aromatic nitrogens is 1. The van der Waals surface area contributed by atoms with Crippen molar-refractivity contribution in [1.82, 2.24) is 9.88 Å². The Balaban J connectivity index is 2.08. The Morgan fingerprint density at radius 3 is 2.35 bits per heavy atom. The Morgan fingerprint density at radius 1 is 1.15 bits per heavy atom. The third-order valence-corrected chi connectivity index (χ3v) is 3.70. The molecule has 108 valence electrons. The maximum absolute atomic E-state index is 5.22. The average Bonchev–Trinajstić information content (AvgIpc) is 2.85. The maximum Gasteiger partial charge on any atom is 0.118 e. The lowest BCUT2D eigenvalue weighted by Crippen LogP contribution is -2.26. The Hall–Kier alpha value is -1.74. The first-order valence-electron chi connectivity index (χ1n) is 7.09. The fraction of sp³-hybridized carbons (Fsp3) is 0.412. The van der Waals surface area contributed by atoms with E-state index in [0.29, 0.717) is 12.0 Å². The lowest BCUT2D eigenvalue weighted by atomic mass is 9.96. The van der Waals surface area contributed by atoms with Crippen molar-refractivity contribution in [2.45, 2.75) is 26.4 Å². The van der Waals surface area contributed by atoms with Gasteiger partial charge in [0.25, 0.3) is 0 Å². The molecule has 1 N–H and O–H groups in total. The van der Waals surface area contributed by atoms with E-state index in [0.717, 1.165) is 12.3 Å². The van der Waals surface area contributed by atoms with Crippen LogP contribution in [0.4, 0.5) is 0 Å². The van der Waals surface area contributed by atoms with Crippen LogP contribution < -0.4 is 10.1 Å². The highest BCUT2D eigenvalue weighted by Crippen LogP contribution is 2.24. The first-order valence-corrected chi connectivity index (χ1v) is 7.09. The Labute approximate surface area is 121 Å². The van der Waals surface area contributed by atoms with Gasteiger partial charge in [-0.2, -0.15) is 0 Å². The van der Waals surface area contributed by atoms with Gasteiger partial charge >= 0.3 is 0 Å². The molecule has 1 unspecified atom stereocenters. The van der Waals surface area contributed by atoms with E-state index in [4.69, 9.17) is 4.74 Å². The van der Waals surface area contributed by atoms with E-state index in [1.807, 2.05) is 12.1 Å². The number of hydrogen-bond donors (Lipinski definition) is 1. The van der Waals surface area contributed by atoms with Gasteiger partial charge in [-0.25, -0.2) is 0 Å². The lowest BCUT2D eigenvalue weighted by molar-refractivity contribution is 0.401. The summed E-state index contributed by atoms with van der Waals surface area (Å²) in [5.74, 6) is 1.43. The molecule has 20 heavy (non-hydrogen) atoms. The van der Waals surface area contributed by atoms with E-state index in [1.54, 1.807) is 7.11 Å². The standard InChI is InChI=1S/C17H24N2O/c1-13(2)17(14-7-9-16(20-4)10-8-14)18-12-15-6-5-11-19(15)3/h5-11,13,17-18H,12H2,1-4H3. The normalized spacial score (nSPS) is 12.7. The van der Waals surface area contributed by atoms with Crippen molar-refractivity contribution < 1.29 is 4.74 Å². The molecule has 3 nitrogen and oxygen atoms in total. The van der Waals surface area contributed by atoms with E-state index in [2.05, 4.69) is 61.2 Å². The second-order valence-electron chi connectivity index (χ2n) is 5.49. The molecule has 0 amide bonds. The summed E-state index contributed by atoms with van der Waals surface area (Å²) >= 11 is 0. The van der Waals surface area contributed by atoms with Gasteiger partial charge in [-0.1, -0.05) is 26.0 Å². The molecule has 0 aliphatic rings. The first-order chi connectivity index (χ1) is 9.61. The van der Waals surface area contributed by atoms with Crippen LogP contribution in [0.25, 0.3) is 0 Å². The van der Waals surface area contributed by atoms with Crippen LogP contribution in [0.15, 0.2) is 42.6 Å². The molecule has 0 fully saturated rings. The Kier molecular flexibility index (Phi) is 4.85. The molecule has 0 spiro atoms. The molecule has 0 aliphatic carbocycles. The highest BCUT2D eigenvalue weighted by atomic mass is 16.5. The van der Waals surface area contributed by atoms with Crippen LogP contribution in [0, 0.1) is 5.92 Å². The van der Waals surface area contributed by atoms with Crippen LogP contribution in [0.3, 0.4) is 0 Å². The summed E-state index contributed by atoms with van der Waals surface area (Å²) in [4.78, 5) is 0. The number of benzene rings is 1. The van der Waals surface area contributed by atoms with E-state index in [-0.39, 0.29) is 0 Å². The van der Waals surface area contributed by atoms with Gasteiger partial charge in [-0.15, -0.1) is 0 Å². The highest BCUT2D eigenvalue weighted by molar-refractivity contribution is 5.29. The molecule has 1 aromatic heterocycles. The van der Waals surface area contributed by atoms with Gasteiger partial charge < -0.3 is 14.6 Å². The van der Waals surface area contributed by atoms with Crippen molar-refractivity contribution in [3.05, 3.63) is 53.9 Å². The van der Waals surface area contributed by atoms with Gasteiger partial charge in [0, 0.05) is 31.5 Å². The summed E-state index contributed by atoms with van der Waals surface area (Å²) in [5, 5.41) is 3.65. The van der Waals surface area contributed by atoms with Crippen LogP contribution in [0.5, 0.6) is 5.75 Å². The topological polar surface area (TPSA) is 26.2 Å². The largest absolute Gasteiger partial charge is 0.497 e. The van der Waals surface area contributed by atoms with Gasteiger partial charge in [0.05, 0.1) is 7.11 Å². The number of nitrogens with one attached hydrogen (secondary N) is 1. The molecule has 1 atom stereocenters. The first kappa shape index (κ1) is 14.7. The number of aryl methyl sites for hydroxylation is 1. The minimum Gasteiger partial charge on any atom is -0.497 e. The minimum atomic E-state index is 0.343. The zero-order valence-electron chi connectivity index (χ0n) is 12.8. The third-order valence-electron chi connectivity index (χ3n) is 3.70. The number of ether oxygens (including phenoxy) is 1. The molecule has 0 bridgehead atoms. The second-order valence-corrected chi connectivity index (χ2v) is 5.49. The predicted octanol–water partition coefficient (Wildman–Crippen LogP) is 3.52. The van der Waals surface area contributed by atoms with E-state index >= 15 is 0 Å². The summed E-state index contributed by atoms with van der Waals surface area (Å²) in [6.45, 7) is 5.36. The predicted molar refractivity (Wildman–Crippen MR) is 82.8 cm³/mol. The zero-order valence-corrected chi connectivity index (χ0v) is 12.8. The van der Waals surface area contributed by atoms with Crippen LogP contribution in [0.1, 0.15) is 31.1 Å². The molecule has 1 aromatic carbocycles. The second kappa shape index (κ2) is 6.62. The Bertz CT molecular complexity index is 528. The molecule has 1 heterocycles. The van der Waals surface area contributed by atoms with Crippen molar-refractivity contribution in [2.75, 3.05) is 7.11 Å². The average molecular weight is 272 g/mol. The number of nitrogens with zero attached hydrogens (tertiary/aromatic N) is 1. The molecule has 0 radical (unpaired) electrons. The highest BCUT2D eigenvalue weighted by Gasteiger charge is 2.15. The minimum absolute atomic E-state index is 0.343. The lowest BCUT2D eigenvalue weighted by Gasteiger charge is -2.23. The van der Waals surface area contributed by atoms with Crippen molar-refractivity contribution in [3.63, 3.8) is 0 Å². The molecule has 0 saturated carbocycles. The van der Waals surface area contributed by atoms with Gasteiger partial charge in [0.2, 0.25) is 0 Å². The van der Waals surface area contributed by atoms with Gasteiger partial charge in [-0.3, -0.25) is 0 Å². The smallest absolute Gasteiger partial charge is 0.118 e. The van der Waals surface area contributed by atoms with Gasteiger partial charge in [0.15, 0.2) is 0 Å². The van der Waals surface area contributed by atoms with Crippen LogP contribution >= 0.6 is 0 Å². The monoisotopic (exact) mass is 272 g/mol. The van der Waals surface area contributed by atoms with E-state index in [1.165, 1.54) is 11.3 Å². The van der Waals surface area contributed by atoms with Gasteiger partial charge in [0.1, 0.15) is 5.75 Å². The summed E-state index contributed by atoms with van der Waals surface area (Å²) in [6, 6.07) is 12.9. The van der Waals surface area contributed by atoms with Crippen LogP contribution in [0.2, 0.25) is 0 Å². The molecule has 2 aromatic rings. The quantitative estimate of drug-likeness (QED) is 0.870. The number of rotatable bonds is 6. The summed E-state index contributed by atoms with van der Waals surface area (Å²) in [6.07, 6.45) is 2.08. The molecule has 2 rings (SSSR count). The molecule has 3 heteroatoms. The van der Waals surface area contributed by atoms with Crippen molar-refractivity contribution in [1.29, 1.82) is 0 Å². The molecule has 0 saturated heterocycles. The fourth-order valence-electron chi connectivity index (χ4n) is 2.44. The van der Waals surface area contributed by atoms with Crippen molar-refractivity contribution >= 4 is 0 Å². The molecular formula is C17H24N2O. The molecular weight excluding hydrogens is 248 g/mol.